The zero-order chi connectivity index (χ0) is 36.8. The van der Waals surface area contributed by atoms with Gasteiger partial charge in [0.15, 0.2) is 12.1 Å². The molecule has 4 aromatic carbocycles. The topological polar surface area (TPSA) is 136 Å². The van der Waals surface area contributed by atoms with E-state index in [1.54, 1.807) is 24.3 Å². The molecule has 0 aromatic heterocycles. The predicted molar refractivity (Wildman–Crippen MR) is 199 cm³/mol. The third-order valence-corrected chi connectivity index (χ3v) is 11.7. The summed E-state index contributed by atoms with van der Waals surface area (Å²) in [7, 11) is -3.98. The number of carbonyl (C=O) groups is 1. The number of aryl methyl sites for hydroxylation is 1. The minimum absolute atomic E-state index is 0.0292. The molecule has 3 saturated heterocycles. The number of amides is 1. The Balaban J connectivity index is 1.05. The molecule has 3 aliphatic rings. The van der Waals surface area contributed by atoms with Crippen LogP contribution in [0.5, 0.6) is 0 Å². The molecule has 4 unspecified atom stereocenters. The summed E-state index contributed by atoms with van der Waals surface area (Å²) in [4.78, 5) is 16.2. The van der Waals surface area contributed by atoms with Gasteiger partial charge in [-0.1, -0.05) is 84.4 Å². The number of nitrogens with zero attached hydrogens (tertiary/aromatic N) is 1. The minimum atomic E-state index is -3.98. The van der Waals surface area contributed by atoms with Crippen molar-refractivity contribution in [2.75, 3.05) is 38.2 Å². The van der Waals surface area contributed by atoms with Crippen molar-refractivity contribution in [2.45, 2.75) is 74.4 Å². The number of likely N-dealkylation sites (tertiary alicyclic amines) is 1. The highest BCUT2D eigenvalue weighted by atomic mass is 32.2. The summed E-state index contributed by atoms with van der Waals surface area (Å²) >= 11 is 0. The van der Waals surface area contributed by atoms with E-state index in [0.29, 0.717) is 25.3 Å². The number of nitrogens with one attached hydrogen (secondary N) is 2. The van der Waals surface area contributed by atoms with E-state index < -0.39 is 34.0 Å². The molecule has 1 spiro atoms. The normalized spacial score (nSPS) is 22.4. The Morgan fingerprint density at radius 1 is 0.849 bits per heavy atom. The molecule has 3 N–H and O–H groups in total. The Hall–Kier alpha value is -3.98. The lowest BCUT2D eigenvalue weighted by Gasteiger charge is -2.41. The molecule has 0 saturated carbocycles. The first kappa shape index (κ1) is 37.3. The standard InChI is InChI=1S/C41H47N3O8S/c1-29-7-17-36(18-8-29)53(47,48)43-37(25-30-5-3-2-4-6-30)39(46)42-34-15-13-33(14-16-34)40-51-35(26-38(52-40)32-11-9-31(28-45)10-12-32)27-44-21-19-41(20-22-44)49-23-24-50-41/h2-18,35,37-38,40,43,45H,19-28H2,1H3,(H,42,46). The summed E-state index contributed by atoms with van der Waals surface area (Å²) in [5.74, 6) is -0.929. The van der Waals surface area contributed by atoms with Crippen molar-refractivity contribution < 1.29 is 37.3 Å². The summed E-state index contributed by atoms with van der Waals surface area (Å²) in [6.45, 7) is 5.57. The van der Waals surface area contributed by atoms with E-state index in [2.05, 4.69) is 14.9 Å². The number of aliphatic hydroxyl groups excluding tert-OH is 1. The smallest absolute Gasteiger partial charge is 0.242 e. The van der Waals surface area contributed by atoms with Gasteiger partial charge in [-0.2, -0.15) is 4.72 Å². The minimum Gasteiger partial charge on any atom is -0.392 e. The number of benzene rings is 4. The predicted octanol–water partition coefficient (Wildman–Crippen LogP) is 5.40. The van der Waals surface area contributed by atoms with Crippen molar-refractivity contribution in [1.82, 2.24) is 9.62 Å². The third-order valence-electron chi connectivity index (χ3n) is 10.2. The second kappa shape index (κ2) is 16.6. The van der Waals surface area contributed by atoms with E-state index in [1.807, 2.05) is 73.7 Å². The van der Waals surface area contributed by atoms with Crippen LogP contribution in [0.3, 0.4) is 0 Å². The maximum absolute atomic E-state index is 13.7. The van der Waals surface area contributed by atoms with Gasteiger partial charge in [0.1, 0.15) is 6.04 Å². The fourth-order valence-electron chi connectivity index (χ4n) is 7.15. The lowest BCUT2D eigenvalue weighted by Crippen LogP contribution is -2.48. The molecule has 280 valence electrons. The van der Waals surface area contributed by atoms with Gasteiger partial charge in [-0.3, -0.25) is 4.79 Å². The van der Waals surface area contributed by atoms with E-state index in [9.17, 15) is 18.3 Å². The number of carbonyl (C=O) groups excluding carboxylic acids is 1. The SMILES string of the molecule is Cc1ccc(S(=O)(=O)NC(Cc2ccccc2)C(=O)Nc2ccc(C3OC(CN4CCC5(CC4)OCCO5)CC(c4ccc(CO)cc4)O3)cc2)cc1. The highest BCUT2D eigenvalue weighted by molar-refractivity contribution is 7.89. The molecular weight excluding hydrogens is 695 g/mol. The molecule has 3 fully saturated rings. The Morgan fingerprint density at radius 2 is 1.51 bits per heavy atom. The Morgan fingerprint density at radius 3 is 2.17 bits per heavy atom. The molecule has 0 aliphatic carbocycles. The largest absolute Gasteiger partial charge is 0.392 e. The number of anilines is 1. The van der Waals surface area contributed by atoms with Crippen molar-refractivity contribution in [2.24, 2.45) is 0 Å². The molecule has 0 radical (unpaired) electrons. The second-order valence-corrected chi connectivity index (χ2v) is 15.8. The van der Waals surface area contributed by atoms with Gasteiger partial charge in [0.05, 0.1) is 36.9 Å². The molecule has 4 aromatic rings. The molecule has 7 rings (SSSR count). The van der Waals surface area contributed by atoms with Crippen LogP contribution in [-0.2, 0) is 46.8 Å². The van der Waals surface area contributed by atoms with Crippen LogP contribution in [0.1, 0.15) is 59.5 Å². The van der Waals surface area contributed by atoms with E-state index in [1.165, 1.54) is 12.1 Å². The molecule has 12 heteroatoms. The number of rotatable bonds is 12. The van der Waals surface area contributed by atoms with Gasteiger partial charge in [-0.05, 0) is 54.3 Å². The first-order valence-electron chi connectivity index (χ1n) is 18.2. The lowest BCUT2D eigenvalue weighted by molar-refractivity contribution is -0.255. The van der Waals surface area contributed by atoms with Gasteiger partial charge in [0.2, 0.25) is 15.9 Å². The van der Waals surface area contributed by atoms with Crippen LogP contribution < -0.4 is 10.0 Å². The van der Waals surface area contributed by atoms with Crippen LogP contribution in [0.15, 0.2) is 108 Å². The van der Waals surface area contributed by atoms with Crippen LogP contribution in [-0.4, -0.2) is 75.1 Å². The number of piperidine rings is 1. The number of ether oxygens (including phenoxy) is 4. The van der Waals surface area contributed by atoms with E-state index >= 15 is 0 Å². The van der Waals surface area contributed by atoms with Gasteiger partial charge in [0, 0.05) is 50.1 Å². The first-order valence-corrected chi connectivity index (χ1v) is 19.7. The van der Waals surface area contributed by atoms with Crippen LogP contribution in [0.4, 0.5) is 5.69 Å². The fraction of sp³-hybridized carbons (Fsp3) is 0.390. The molecule has 3 aliphatic heterocycles. The molecule has 3 heterocycles. The van der Waals surface area contributed by atoms with E-state index in [0.717, 1.165) is 60.3 Å². The van der Waals surface area contributed by atoms with Crippen molar-refractivity contribution in [3.63, 3.8) is 0 Å². The first-order chi connectivity index (χ1) is 25.7. The van der Waals surface area contributed by atoms with E-state index in [4.69, 9.17) is 18.9 Å². The highest BCUT2D eigenvalue weighted by Crippen LogP contribution is 2.39. The van der Waals surface area contributed by atoms with Gasteiger partial charge >= 0.3 is 0 Å². The van der Waals surface area contributed by atoms with E-state index in [-0.39, 0.29) is 30.1 Å². The number of hydrogen-bond acceptors (Lipinski definition) is 9. The molecular formula is C41H47N3O8S. The zero-order valence-corrected chi connectivity index (χ0v) is 30.7. The Bertz CT molecular complexity index is 1910. The fourth-order valence-corrected chi connectivity index (χ4v) is 8.34. The maximum atomic E-state index is 13.7. The van der Waals surface area contributed by atoms with Crippen LogP contribution in [0.2, 0.25) is 0 Å². The van der Waals surface area contributed by atoms with Crippen LogP contribution in [0, 0.1) is 6.92 Å². The van der Waals surface area contributed by atoms with Crippen molar-refractivity contribution in [3.8, 4) is 0 Å². The Labute approximate surface area is 311 Å². The van der Waals surface area contributed by atoms with Gasteiger partial charge in [-0.15, -0.1) is 0 Å². The number of hydrogen-bond donors (Lipinski definition) is 3. The molecule has 0 bridgehead atoms. The molecule has 53 heavy (non-hydrogen) atoms. The van der Waals surface area contributed by atoms with Crippen molar-refractivity contribution in [3.05, 3.63) is 131 Å². The summed E-state index contributed by atoms with van der Waals surface area (Å²) in [5, 5.41) is 12.5. The summed E-state index contributed by atoms with van der Waals surface area (Å²) in [6, 6.07) is 29.8. The molecule has 4 atom stereocenters. The van der Waals surface area contributed by atoms with Crippen molar-refractivity contribution >= 4 is 21.6 Å². The van der Waals surface area contributed by atoms with Crippen LogP contribution in [0.25, 0.3) is 0 Å². The van der Waals surface area contributed by atoms with Gasteiger partial charge in [0.25, 0.3) is 0 Å². The average molecular weight is 742 g/mol. The van der Waals surface area contributed by atoms with Crippen molar-refractivity contribution in [1.29, 1.82) is 0 Å². The monoisotopic (exact) mass is 741 g/mol. The maximum Gasteiger partial charge on any atom is 0.242 e. The zero-order valence-electron chi connectivity index (χ0n) is 29.9. The number of aliphatic hydroxyl groups is 1. The highest BCUT2D eigenvalue weighted by Gasteiger charge is 2.41. The molecule has 11 nitrogen and oxygen atoms in total. The summed E-state index contributed by atoms with van der Waals surface area (Å²) < 4.78 is 54.3. The van der Waals surface area contributed by atoms with Gasteiger partial charge in [-0.25, -0.2) is 8.42 Å². The third kappa shape index (κ3) is 9.40. The average Bonchev–Trinajstić information content (AvgIpc) is 3.64. The Kier molecular flexibility index (Phi) is 11.7. The second-order valence-electron chi connectivity index (χ2n) is 14.0. The lowest BCUT2D eigenvalue weighted by atomic mass is 9.98. The number of sulfonamides is 1. The van der Waals surface area contributed by atoms with Crippen LogP contribution >= 0.6 is 0 Å². The quantitative estimate of drug-likeness (QED) is 0.175. The molecule has 1 amide bonds. The summed E-state index contributed by atoms with van der Waals surface area (Å²) in [5.41, 5.74) is 4.89. The van der Waals surface area contributed by atoms with Gasteiger partial charge < -0.3 is 34.3 Å². The summed E-state index contributed by atoms with van der Waals surface area (Å²) in [6.07, 6.45) is 1.46.